The van der Waals surface area contributed by atoms with Gasteiger partial charge in [0.05, 0.1) is 6.21 Å². The van der Waals surface area contributed by atoms with Crippen molar-refractivity contribution >= 4 is 28.7 Å². The second kappa shape index (κ2) is 9.82. The van der Waals surface area contributed by atoms with Crippen LogP contribution in [0.3, 0.4) is 0 Å². The molecule has 5 heteroatoms. The van der Waals surface area contributed by atoms with Crippen LogP contribution in [0.25, 0.3) is 10.9 Å². The molecule has 1 amide bonds. The van der Waals surface area contributed by atoms with E-state index < -0.39 is 0 Å². The summed E-state index contributed by atoms with van der Waals surface area (Å²) in [5.41, 5.74) is 9.01. The van der Waals surface area contributed by atoms with E-state index in [4.69, 9.17) is 0 Å². The van der Waals surface area contributed by atoms with Crippen LogP contribution >= 0.6 is 0 Å². The van der Waals surface area contributed by atoms with Gasteiger partial charge in [-0.1, -0.05) is 30.3 Å². The zero-order valence-corrected chi connectivity index (χ0v) is 18.6. The lowest BCUT2D eigenvalue weighted by molar-refractivity contribution is -0.121. The molecule has 0 radical (unpaired) electrons. The molecule has 3 aromatic rings. The number of fused-ring (bicyclic) bond motifs is 3. The van der Waals surface area contributed by atoms with Crippen LogP contribution in [-0.4, -0.2) is 29.8 Å². The number of carbonyl (C=O) groups excluding carboxylic acids is 1. The molecule has 1 aromatic heterocycles. The van der Waals surface area contributed by atoms with Gasteiger partial charge in [0.15, 0.2) is 0 Å². The van der Waals surface area contributed by atoms with Crippen molar-refractivity contribution in [2.24, 2.45) is 5.10 Å². The lowest BCUT2D eigenvalue weighted by Gasteiger charge is -2.20. The van der Waals surface area contributed by atoms with Crippen LogP contribution in [0.4, 0.5) is 5.69 Å². The molecule has 0 atom stereocenters. The first-order chi connectivity index (χ1) is 15.2. The van der Waals surface area contributed by atoms with E-state index in [0.29, 0.717) is 13.0 Å². The summed E-state index contributed by atoms with van der Waals surface area (Å²) in [4.78, 5) is 14.7. The molecule has 5 nitrogen and oxygen atoms in total. The van der Waals surface area contributed by atoms with Crippen molar-refractivity contribution < 1.29 is 4.79 Å². The Labute approximate surface area is 184 Å². The molecule has 4 rings (SSSR count). The number of carbonyl (C=O) groups is 1. The van der Waals surface area contributed by atoms with Crippen molar-refractivity contribution in [3.05, 3.63) is 65.4 Å². The highest BCUT2D eigenvalue weighted by Gasteiger charge is 2.19. The summed E-state index contributed by atoms with van der Waals surface area (Å²) in [6.07, 6.45) is 6.86. The maximum Gasteiger partial charge on any atom is 0.241 e. The zero-order chi connectivity index (χ0) is 21.6. The van der Waals surface area contributed by atoms with Gasteiger partial charge in [-0.25, -0.2) is 5.43 Å². The molecule has 1 aliphatic rings. The number of hydrazone groups is 1. The maximum atomic E-state index is 12.4. The van der Waals surface area contributed by atoms with Gasteiger partial charge in [-0.15, -0.1) is 0 Å². The van der Waals surface area contributed by atoms with Crippen LogP contribution in [0.1, 0.15) is 49.9 Å². The first kappa shape index (κ1) is 21.2. The summed E-state index contributed by atoms with van der Waals surface area (Å²) in [6, 6.07) is 16.8. The topological polar surface area (TPSA) is 49.6 Å². The van der Waals surface area contributed by atoms with Crippen molar-refractivity contribution in [3.8, 4) is 0 Å². The van der Waals surface area contributed by atoms with E-state index in [2.05, 4.69) is 70.2 Å². The molecule has 0 aliphatic heterocycles. The van der Waals surface area contributed by atoms with Crippen molar-refractivity contribution in [1.82, 2.24) is 9.99 Å². The summed E-state index contributed by atoms with van der Waals surface area (Å²) in [5.74, 6) is -0.0571. The summed E-state index contributed by atoms with van der Waals surface area (Å²) < 4.78 is 2.35. The predicted octanol–water partition coefficient (Wildman–Crippen LogP) is 4.91. The molecular formula is C26H32N4O. The van der Waals surface area contributed by atoms with E-state index in [-0.39, 0.29) is 5.91 Å². The molecule has 0 fully saturated rings. The van der Waals surface area contributed by atoms with E-state index in [1.807, 2.05) is 12.1 Å². The number of rotatable bonds is 8. The van der Waals surface area contributed by atoms with Gasteiger partial charge < -0.3 is 9.47 Å². The highest BCUT2D eigenvalue weighted by Crippen LogP contribution is 2.32. The molecule has 2 aromatic carbocycles. The Morgan fingerprint density at radius 1 is 1.06 bits per heavy atom. The highest BCUT2D eigenvalue weighted by molar-refractivity contribution is 5.86. The Hall–Kier alpha value is -3.08. The van der Waals surface area contributed by atoms with Gasteiger partial charge in [0.1, 0.15) is 0 Å². The predicted molar refractivity (Wildman–Crippen MR) is 129 cm³/mol. The highest BCUT2D eigenvalue weighted by atomic mass is 16.2. The third-order valence-electron chi connectivity index (χ3n) is 6.27. The van der Waals surface area contributed by atoms with Gasteiger partial charge in [0, 0.05) is 48.3 Å². The minimum Gasteiger partial charge on any atom is -0.372 e. The number of nitrogens with zero attached hydrogens (tertiary/aromatic N) is 3. The van der Waals surface area contributed by atoms with Crippen molar-refractivity contribution in [1.29, 1.82) is 0 Å². The minimum atomic E-state index is -0.0571. The maximum absolute atomic E-state index is 12.4. The summed E-state index contributed by atoms with van der Waals surface area (Å²) in [7, 11) is 0. The van der Waals surface area contributed by atoms with Crippen LogP contribution < -0.4 is 10.3 Å². The standard InChI is InChI=1S/C26H32N4O/c1-3-29(4-2)21-15-13-20(14-16-21)19-27-28-26(31)17-18-30-24-11-7-5-9-22(24)23-10-6-8-12-25(23)30/h5,7,9,11,13-16,19H,3-4,6,8,10,12,17-18H2,1-2H3,(H,28,31)/b27-19-. The fourth-order valence-corrected chi connectivity index (χ4v) is 4.65. The second-order valence-corrected chi connectivity index (χ2v) is 8.11. The Kier molecular flexibility index (Phi) is 6.70. The number of nitrogens with one attached hydrogen (secondary N) is 1. The van der Waals surface area contributed by atoms with E-state index in [1.54, 1.807) is 6.21 Å². The number of anilines is 1. The molecule has 162 valence electrons. The Morgan fingerprint density at radius 3 is 2.58 bits per heavy atom. The van der Waals surface area contributed by atoms with Crippen LogP contribution in [0.5, 0.6) is 0 Å². The Morgan fingerprint density at radius 2 is 1.81 bits per heavy atom. The SMILES string of the molecule is CCN(CC)c1ccc(/C=N\NC(=O)CCn2c3c(c4ccccc42)CCCC3)cc1. The average Bonchev–Trinajstić information content (AvgIpc) is 3.13. The molecule has 0 bridgehead atoms. The summed E-state index contributed by atoms with van der Waals surface area (Å²) >= 11 is 0. The fourth-order valence-electron chi connectivity index (χ4n) is 4.65. The Bertz CT molecular complexity index is 1060. The zero-order valence-electron chi connectivity index (χ0n) is 18.6. The Balaban J connectivity index is 1.36. The van der Waals surface area contributed by atoms with Crippen LogP contribution in [0, 0.1) is 0 Å². The third kappa shape index (κ3) is 4.66. The number of hydrogen-bond donors (Lipinski definition) is 1. The number of para-hydroxylation sites is 1. The van der Waals surface area contributed by atoms with Crippen LogP contribution in [-0.2, 0) is 24.2 Å². The lowest BCUT2D eigenvalue weighted by atomic mass is 9.95. The number of benzene rings is 2. The minimum absolute atomic E-state index is 0.0571. The summed E-state index contributed by atoms with van der Waals surface area (Å²) in [5, 5.41) is 5.51. The van der Waals surface area contributed by atoms with Crippen molar-refractivity contribution in [2.75, 3.05) is 18.0 Å². The van der Waals surface area contributed by atoms with Gasteiger partial charge >= 0.3 is 0 Å². The smallest absolute Gasteiger partial charge is 0.241 e. The number of aromatic nitrogens is 1. The normalized spacial score (nSPS) is 13.5. The molecule has 1 heterocycles. The van der Waals surface area contributed by atoms with Gasteiger partial charge in [0.25, 0.3) is 0 Å². The molecule has 0 spiro atoms. The monoisotopic (exact) mass is 416 g/mol. The van der Waals surface area contributed by atoms with Gasteiger partial charge in [-0.3, -0.25) is 4.79 Å². The number of hydrogen-bond acceptors (Lipinski definition) is 3. The van der Waals surface area contributed by atoms with Crippen LogP contribution in [0.2, 0.25) is 0 Å². The first-order valence-electron chi connectivity index (χ1n) is 11.5. The van der Waals surface area contributed by atoms with Gasteiger partial charge in [-0.05, 0) is 68.9 Å². The number of aryl methyl sites for hydroxylation is 2. The lowest BCUT2D eigenvalue weighted by Crippen LogP contribution is -2.21. The molecule has 1 N–H and O–H groups in total. The van der Waals surface area contributed by atoms with E-state index >= 15 is 0 Å². The number of amides is 1. The molecule has 0 saturated carbocycles. The quantitative estimate of drug-likeness (QED) is 0.419. The van der Waals surface area contributed by atoms with Gasteiger partial charge in [0.2, 0.25) is 5.91 Å². The molecular weight excluding hydrogens is 384 g/mol. The summed E-state index contributed by atoms with van der Waals surface area (Å²) in [6.45, 7) is 6.97. The molecule has 31 heavy (non-hydrogen) atoms. The largest absolute Gasteiger partial charge is 0.372 e. The van der Waals surface area contributed by atoms with E-state index in [0.717, 1.165) is 31.5 Å². The average molecular weight is 417 g/mol. The molecule has 1 aliphatic carbocycles. The second-order valence-electron chi connectivity index (χ2n) is 8.11. The van der Waals surface area contributed by atoms with Gasteiger partial charge in [-0.2, -0.15) is 5.10 Å². The third-order valence-corrected chi connectivity index (χ3v) is 6.27. The van der Waals surface area contributed by atoms with Crippen molar-refractivity contribution in [2.45, 2.75) is 52.5 Å². The van der Waals surface area contributed by atoms with Crippen LogP contribution in [0.15, 0.2) is 53.6 Å². The first-order valence-corrected chi connectivity index (χ1v) is 11.5. The van der Waals surface area contributed by atoms with E-state index in [9.17, 15) is 4.79 Å². The molecule has 0 unspecified atom stereocenters. The van der Waals surface area contributed by atoms with E-state index in [1.165, 1.54) is 40.7 Å². The fraction of sp³-hybridized carbons (Fsp3) is 0.385. The molecule has 0 saturated heterocycles. The van der Waals surface area contributed by atoms with Crippen molar-refractivity contribution in [3.63, 3.8) is 0 Å².